The number of hydrogen-bond acceptors (Lipinski definition) is 0. The molecule has 1 heterocycles. The summed E-state index contributed by atoms with van der Waals surface area (Å²) >= 11 is 0. The first-order chi connectivity index (χ1) is 25.9. The van der Waals surface area contributed by atoms with Crippen molar-refractivity contribution in [2.45, 2.75) is 38.5 Å². The van der Waals surface area contributed by atoms with Crippen LogP contribution in [0.3, 0.4) is 0 Å². The molecule has 0 fully saturated rings. The molecule has 1 aromatic heterocycles. The predicted octanol–water partition coefficient (Wildman–Crippen LogP) is 13.9. The van der Waals surface area contributed by atoms with Crippen LogP contribution in [0.2, 0.25) is 0 Å². The van der Waals surface area contributed by atoms with Gasteiger partial charge in [0, 0.05) is 27.3 Å². The van der Waals surface area contributed by atoms with E-state index in [1.54, 1.807) is 0 Å². The first-order valence-electron chi connectivity index (χ1n) is 19.0. The molecule has 1 nitrogen and oxygen atoms in total. The molecule has 9 aromatic rings. The van der Waals surface area contributed by atoms with Crippen LogP contribution < -0.4 is 0 Å². The lowest BCUT2D eigenvalue weighted by Crippen LogP contribution is -2.19. The van der Waals surface area contributed by atoms with Crippen molar-refractivity contribution >= 4 is 32.6 Å². The molecule has 3 aliphatic rings. The Hall–Kier alpha value is -6.18. The molecule has 8 aromatic carbocycles. The van der Waals surface area contributed by atoms with Crippen LogP contribution >= 0.6 is 0 Å². The van der Waals surface area contributed by atoms with Crippen molar-refractivity contribution in [2.24, 2.45) is 0 Å². The maximum absolute atomic E-state index is 2.61. The van der Waals surface area contributed by atoms with Crippen molar-refractivity contribution in [3.63, 3.8) is 0 Å². The van der Waals surface area contributed by atoms with Crippen LogP contribution in [0.25, 0.3) is 93.9 Å². The second kappa shape index (κ2) is 9.82. The third kappa shape index (κ3) is 3.49. The van der Waals surface area contributed by atoms with E-state index < -0.39 is 0 Å². The van der Waals surface area contributed by atoms with Gasteiger partial charge >= 0.3 is 0 Å². The maximum Gasteiger partial charge on any atom is 0.0591 e. The molecular formula is C52H37N. The van der Waals surface area contributed by atoms with E-state index in [0.29, 0.717) is 0 Å². The predicted molar refractivity (Wildman–Crippen MR) is 223 cm³/mol. The van der Waals surface area contributed by atoms with E-state index in [9.17, 15) is 0 Å². The fraction of sp³-hybridized carbons (Fsp3) is 0.115. The molecule has 53 heavy (non-hydrogen) atoms. The molecule has 1 heteroatoms. The van der Waals surface area contributed by atoms with E-state index in [0.717, 1.165) is 0 Å². The first kappa shape index (κ1) is 29.4. The molecule has 0 unspecified atom stereocenters. The molecule has 0 atom stereocenters. The van der Waals surface area contributed by atoms with Gasteiger partial charge in [-0.2, -0.15) is 0 Å². The Morgan fingerprint density at radius 1 is 0.396 bits per heavy atom. The van der Waals surface area contributed by atoms with Crippen molar-refractivity contribution < 1.29 is 0 Å². The van der Waals surface area contributed by atoms with E-state index >= 15 is 0 Å². The van der Waals surface area contributed by atoms with Crippen LogP contribution in [-0.2, 0) is 10.8 Å². The summed E-state index contributed by atoms with van der Waals surface area (Å²) in [7, 11) is 0. The Kier molecular flexibility index (Phi) is 5.45. The second-order valence-corrected chi connectivity index (χ2v) is 16.4. The number of fused-ring (bicyclic) bond motifs is 15. The number of rotatable bonds is 2. The highest BCUT2D eigenvalue weighted by molar-refractivity contribution is 6.21. The Morgan fingerprint density at radius 3 is 1.66 bits per heavy atom. The third-order valence-electron chi connectivity index (χ3n) is 13.1. The van der Waals surface area contributed by atoms with Crippen molar-refractivity contribution in [3.05, 3.63) is 174 Å². The molecule has 0 amide bonds. The molecule has 0 radical (unpaired) electrons. The fourth-order valence-corrected chi connectivity index (χ4v) is 10.9. The lowest BCUT2D eigenvalue weighted by Gasteiger charge is -2.27. The zero-order valence-electron chi connectivity index (χ0n) is 30.4. The van der Waals surface area contributed by atoms with E-state index in [1.807, 2.05) is 0 Å². The largest absolute Gasteiger partial charge is 0.309 e. The summed E-state index contributed by atoms with van der Waals surface area (Å²) in [6.07, 6.45) is 0. The lowest BCUT2D eigenvalue weighted by atomic mass is 9.76. The van der Waals surface area contributed by atoms with E-state index in [-0.39, 0.29) is 10.8 Å². The Labute approximate surface area is 309 Å². The SMILES string of the molecule is CC1(C)c2ccccc2-c2c3c(c4c(c21)c1ccccc1n4-c1cccc(-c2ccc4c5c(cccc25)-c2ccccc2-4)c1)C(C)(C)c1ccccc1-3. The minimum atomic E-state index is -0.197. The zero-order chi connectivity index (χ0) is 35.4. The summed E-state index contributed by atoms with van der Waals surface area (Å²) in [6, 6.07) is 57.1. The quantitative estimate of drug-likeness (QED) is 0.172. The van der Waals surface area contributed by atoms with Crippen molar-refractivity contribution in [2.75, 3.05) is 0 Å². The minimum absolute atomic E-state index is 0.167. The number of para-hydroxylation sites is 1. The van der Waals surface area contributed by atoms with Gasteiger partial charge in [0.2, 0.25) is 0 Å². The molecule has 0 N–H and O–H groups in total. The smallest absolute Gasteiger partial charge is 0.0591 e. The van der Waals surface area contributed by atoms with Crippen LogP contribution in [0.15, 0.2) is 152 Å². The Bertz CT molecular complexity index is 3080. The van der Waals surface area contributed by atoms with E-state index in [4.69, 9.17) is 0 Å². The summed E-state index contributed by atoms with van der Waals surface area (Å²) in [6.45, 7) is 9.77. The molecule has 3 aliphatic carbocycles. The molecule has 12 rings (SSSR count). The van der Waals surface area contributed by atoms with Gasteiger partial charge in [-0.15, -0.1) is 0 Å². The zero-order valence-corrected chi connectivity index (χ0v) is 30.4. The molecule has 0 aliphatic heterocycles. The molecule has 0 saturated carbocycles. The van der Waals surface area contributed by atoms with Gasteiger partial charge in [-0.05, 0) is 107 Å². The van der Waals surface area contributed by atoms with Gasteiger partial charge in [-0.1, -0.05) is 161 Å². The Morgan fingerprint density at radius 2 is 0.925 bits per heavy atom. The molecule has 250 valence electrons. The third-order valence-corrected chi connectivity index (χ3v) is 13.1. The summed E-state index contributed by atoms with van der Waals surface area (Å²) in [5, 5.41) is 5.39. The van der Waals surface area contributed by atoms with E-state index in [2.05, 4.69) is 184 Å². The van der Waals surface area contributed by atoms with Crippen LogP contribution in [0.4, 0.5) is 0 Å². The van der Waals surface area contributed by atoms with Crippen LogP contribution in [0.1, 0.15) is 49.9 Å². The summed E-state index contributed by atoms with van der Waals surface area (Å²) < 4.78 is 2.61. The Balaban J connectivity index is 1.20. The average molecular weight is 676 g/mol. The van der Waals surface area contributed by atoms with Crippen molar-refractivity contribution in [3.8, 4) is 61.3 Å². The highest BCUT2D eigenvalue weighted by Crippen LogP contribution is 2.63. The highest BCUT2D eigenvalue weighted by Gasteiger charge is 2.47. The van der Waals surface area contributed by atoms with Gasteiger partial charge in [0.05, 0.1) is 11.0 Å². The van der Waals surface area contributed by atoms with Gasteiger partial charge in [-0.3, -0.25) is 0 Å². The number of nitrogens with zero attached hydrogens (tertiary/aromatic N) is 1. The van der Waals surface area contributed by atoms with Gasteiger partial charge < -0.3 is 4.57 Å². The normalized spacial score (nSPS) is 15.1. The maximum atomic E-state index is 2.61. The van der Waals surface area contributed by atoms with Gasteiger partial charge in [0.1, 0.15) is 0 Å². The highest BCUT2D eigenvalue weighted by atomic mass is 15.0. The second-order valence-electron chi connectivity index (χ2n) is 16.4. The topological polar surface area (TPSA) is 4.93 Å². The molecular weight excluding hydrogens is 639 g/mol. The first-order valence-corrected chi connectivity index (χ1v) is 19.0. The summed E-state index contributed by atoms with van der Waals surface area (Å²) in [5.74, 6) is 0. The molecule has 0 spiro atoms. The standard InChI is InChI=1S/C52H37N/c1-51(2)41-24-10-7-19-38(41)45-46-39-20-8-11-25-42(39)52(3,4)49(46)50-47(48(45)51)40-21-9-12-26-43(40)53(50)31-16-13-15-30(29-31)32-27-28-37-34-18-6-5-17-33(34)36-23-14-22-35(32)44(36)37/h5-29H,1-4H3. The number of benzene rings is 8. The molecule has 0 bridgehead atoms. The van der Waals surface area contributed by atoms with Crippen LogP contribution in [0, 0.1) is 0 Å². The van der Waals surface area contributed by atoms with Crippen molar-refractivity contribution in [1.82, 2.24) is 4.57 Å². The van der Waals surface area contributed by atoms with Gasteiger partial charge in [0.25, 0.3) is 0 Å². The van der Waals surface area contributed by atoms with Gasteiger partial charge in [-0.25, -0.2) is 0 Å². The monoisotopic (exact) mass is 675 g/mol. The number of aromatic nitrogens is 1. The van der Waals surface area contributed by atoms with Crippen LogP contribution in [0.5, 0.6) is 0 Å². The minimum Gasteiger partial charge on any atom is -0.309 e. The van der Waals surface area contributed by atoms with E-state index in [1.165, 1.54) is 116 Å². The summed E-state index contributed by atoms with van der Waals surface area (Å²) in [4.78, 5) is 0. The average Bonchev–Trinajstić information content (AvgIpc) is 3.85. The number of hydrogen-bond donors (Lipinski definition) is 0. The van der Waals surface area contributed by atoms with Gasteiger partial charge in [0.15, 0.2) is 0 Å². The molecule has 0 saturated heterocycles. The van der Waals surface area contributed by atoms with Crippen molar-refractivity contribution in [1.29, 1.82) is 0 Å². The summed E-state index contributed by atoms with van der Waals surface area (Å²) in [5.41, 5.74) is 22.6. The lowest BCUT2D eigenvalue weighted by molar-refractivity contribution is 0.658. The fourth-order valence-electron chi connectivity index (χ4n) is 10.9. The van der Waals surface area contributed by atoms with Crippen LogP contribution in [-0.4, -0.2) is 4.57 Å².